The predicted octanol–water partition coefficient (Wildman–Crippen LogP) is 3.63. The number of hydrogen-bond donors (Lipinski definition) is 3. The van der Waals surface area contributed by atoms with Crippen LogP contribution in [0.2, 0.25) is 4.55 Å². The molecular weight excluding hydrogens is 386 g/mol. The van der Waals surface area contributed by atoms with Gasteiger partial charge >= 0.3 is 18.2 Å². The fourth-order valence-electron chi connectivity index (χ4n) is 2.01. The number of nitro groups is 1. The highest BCUT2D eigenvalue weighted by Gasteiger charge is 2.14. The van der Waals surface area contributed by atoms with Crippen molar-refractivity contribution < 1.29 is 10.0 Å². The zero-order valence-electron chi connectivity index (χ0n) is 14.8. The number of nitro benzene ring substituents is 1. The summed E-state index contributed by atoms with van der Waals surface area (Å²) in [7, 11) is 0. The minimum Gasteiger partial charge on any atom is -0.392 e. The van der Waals surface area contributed by atoms with E-state index in [0.717, 1.165) is 12.0 Å². The summed E-state index contributed by atoms with van der Waals surface area (Å²) in [5.41, 5.74) is 7.40. The maximum absolute atomic E-state index is 10.9. The molecule has 8 heteroatoms. The van der Waals surface area contributed by atoms with Crippen molar-refractivity contribution >= 4 is 42.5 Å². The van der Waals surface area contributed by atoms with Gasteiger partial charge in [0, 0.05) is 18.7 Å². The first kappa shape index (κ1) is 23.6. The van der Waals surface area contributed by atoms with Crippen molar-refractivity contribution in [2.75, 3.05) is 11.9 Å². The van der Waals surface area contributed by atoms with Gasteiger partial charge in [-0.15, -0.1) is 4.55 Å². The van der Waals surface area contributed by atoms with Crippen LogP contribution in [0.25, 0.3) is 0 Å². The summed E-state index contributed by atoms with van der Waals surface area (Å²) in [5, 5.41) is 23.5. The third-order valence-corrected chi connectivity index (χ3v) is 6.24. The smallest absolute Gasteiger partial charge is 0.392 e. The predicted molar refractivity (Wildman–Crippen MR) is 105 cm³/mol. The number of aliphatic hydroxyl groups is 1. The molecule has 2 unspecified atom stereocenters. The van der Waals surface area contributed by atoms with Crippen LogP contribution in [0, 0.1) is 17.0 Å². The molecule has 0 bridgehead atoms. The standard InChI is InChI=1S/C14H23N3O3.C2H5.BrH.Mg/c1-3-14(18)11(15)5-4-8-16-12-9-10(2)6-7-13(12)17(19)20;1-2;;/h6-7,9,11,14,16,18H,3-5,8,15H2,1-2H3;1H2,2H3;1H;/q;;;+1/p-1. The van der Waals surface area contributed by atoms with Crippen LogP contribution < -0.4 is 11.1 Å². The zero-order valence-corrected chi connectivity index (χ0v) is 17.8. The van der Waals surface area contributed by atoms with E-state index < -0.39 is 11.0 Å². The summed E-state index contributed by atoms with van der Waals surface area (Å²) in [4.78, 5) is 10.5. The molecule has 0 saturated carbocycles. The highest BCUT2D eigenvalue weighted by molar-refractivity contribution is 9.23. The normalized spacial score (nSPS) is 12.4. The lowest BCUT2D eigenvalue weighted by Crippen LogP contribution is -2.34. The van der Waals surface area contributed by atoms with E-state index in [1.807, 2.05) is 13.8 Å². The Hall–Kier alpha value is -0.414. The summed E-state index contributed by atoms with van der Waals surface area (Å²) >= 11 is 3.62. The Morgan fingerprint density at radius 1 is 1.46 bits per heavy atom. The summed E-state index contributed by atoms with van der Waals surface area (Å²) in [6, 6.07) is 4.74. The number of anilines is 1. The van der Waals surface area contributed by atoms with Gasteiger partial charge in [0.15, 0.2) is 0 Å². The van der Waals surface area contributed by atoms with Crippen molar-refractivity contribution in [3.63, 3.8) is 0 Å². The number of halogens is 1. The van der Waals surface area contributed by atoms with E-state index in [1.54, 1.807) is 12.1 Å². The molecule has 134 valence electrons. The van der Waals surface area contributed by atoms with E-state index in [9.17, 15) is 15.2 Å². The van der Waals surface area contributed by atoms with Gasteiger partial charge in [0.2, 0.25) is 0 Å². The van der Waals surface area contributed by atoms with Gasteiger partial charge in [0.1, 0.15) is 5.69 Å². The lowest BCUT2D eigenvalue weighted by atomic mass is 10.0. The van der Waals surface area contributed by atoms with E-state index in [-0.39, 0.29) is 29.9 Å². The first-order valence-corrected chi connectivity index (χ1v) is 13.3. The van der Waals surface area contributed by atoms with Crippen LogP contribution in [-0.2, 0) is 0 Å². The van der Waals surface area contributed by atoms with Crippen molar-refractivity contribution in [3.05, 3.63) is 33.9 Å². The summed E-state index contributed by atoms with van der Waals surface area (Å²) in [5.74, 6) is 0. The minimum atomic E-state index is -0.483. The quantitative estimate of drug-likeness (QED) is 0.248. The molecule has 0 aliphatic carbocycles. The number of aliphatic hydroxyl groups excluding tert-OH is 1. The molecule has 0 aromatic heterocycles. The topological polar surface area (TPSA) is 101 Å². The minimum absolute atomic E-state index is 0.0773. The van der Waals surface area contributed by atoms with E-state index in [1.165, 1.54) is 10.6 Å². The number of benzene rings is 1. The number of nitrogens with zero attached hydrogens (tertiary/aromatic N) is 1. The Bertz CT molecular complexity index is 490. The molecule has 1 aromatic rings. The first-order chi connectivity index (χ1) is 11.4. The lowest BCUT2D eigenvalue weighted by Gasteiger charge is -2.17. The van der Waals surface area contributed by atoms with E-state index in [4.69, 9.17) is 5.73 Å². The molecule has 0 heterocycles. The van der Waals surface area contributed by atoms with Gasteiger partial charge in [-0.25, -0.2) is 0 Å². The second-order valence-electron chi connectivity index (χ2n) is 5.68. The van der Waals surface area contributed by atoms with Crippen LogP contribution >= 0.6 is 12.9 Å². The molecule has 0 saturated heterocycles. The van der Waals surface area contributed by atoms with Gasteiger partial charge in [0.25, 0.3) is 5.69 Å². The lowest BCUT2D eigenvalue weighted by molar-refractivity contribution is -0.384. The van der Waals surface area contributed by atoms with Crippen molar-refractivity contribution in [2.24, 2.45) is 5.73 Å². The van der Waals surface area contributed by atoms with Gasteiger partial charge in [-0.3, -0.25) is 10.1 Å². The largest absolute Gasteiger partial charge is 0.468 e. The van der Waals surface area contributed by atoms with Crippen LogP contribution in [0.4, 0.5) is 11.4 Å². The maximum Gasteiger partial charge on any atom is 0.468 e. The molecule has 2 atom stereocenters. The monoisotopic (exact) mass is 413 g/mol. The Morgan fingerprint density at radius 3 is 2.58 bits per heavy atom. The Labute approximate surface area is 160 Å². The van der Waals surface area contributed by atoms with E-state index in [0.29, 0.717) is 25.1 Å². The van der Waals surface area contributed by atoms with Crippen LogP contribution in [-0.4, -0.2) is 46.9 Å². The molecule has 0 aliphatic heterocycles. The van der Waals surface area contributed by atoms with Gasteiger partial charge in [-0.1, -0.05) is 19.9 Å². The molecule has 4 N–H and O–H groups in total. The third kappa shape index (κ3) is 9.78. The van der Waals surface area contributed by atoms with Gasteiger partial charge in [-0.05, 0) is 37.8 Å². The summed E-state index contributed by atoms with van der Waals surface area (Å²) < 4.78 is 1.38. The molecule has 0 amide bonds. The highest BCUT2D eigenvalue weighted by atomic mass is 79.9. The van der Waals surface area contributed by atoms with Crippen LogP contribution in [0.5, 0.6) is 0 Å². The molecule has 0 fully saturated rings. The molecule has 0 aliphatic rings. The molecule has 24 heavy (non-hydrogen) atoms. The molecule has 0 spiro atoms. The van der Waals surface area contributed by atoms with E-state index >= 15 is 0 Å². The average molecular weight is 415 g/mol. The zero-order chi connectivity index (χ0) is 18.5. The van der Waals surface area contributed by atoms with Crippen LogP contribution in [0.3, 0.4) is 0 Å². The Kier molecular flexibility index (Phi) is 13.6. The Balaban J connectivity index is 0.00000118. The van der Waals surface area contributed by atoms with Crippen LogP contribution in [0.1, 0.15) is 38.7 Å². The fraction of sp³-hybridized carbons (Fsp3) is 0.625. The van der Waals surface area contributed by atoms with E-state index in [2.05, 4.69) is 25.1 Å². The molecule has 1 aromatic carbocycles. The van der Waals surface area contributed by atoms with Crippen molar-refractivity contribution in [1.29, 1.82) is 0 Å². The summed E-state index contributed by atoms with van der Waals surface area (Å²) in [6.07, 6.45) is 1.59. The van der Waals surface area contributed by atoms with Gasteiger partial charge in [0.05, 0.1) is 11.0 Å². The number of hydrogen-bond acceptors (Lipinski definition) is 5. The number of rotatable bonds is 9. The second-order valence-corrected chi connectivity index (χ2v) is 9.43. The summed E-state index contributed by atoms with van der Waals surface area (Å²) in [6.45, 7) is 6.57. The number of nitrogens with one attached hydrogen (secondary N) is 1. The highest BCUT2D eigenvalue weighted by Crippen LogP contribution is 2.25. The molecule has 1 rings (SSSR count). The Morgan fingerprint density at radius 2 is 2.08 bits per heavy atom. The van der Waals surface area contributed by atoms with Crippen LogP contribution in [0.15, 0.2) is 18.2 Å². The maximum atomic E-state index is 10.9. The SMILES string of the molecule is CCC(O)C(N)CCCNc1cc(C)ccc1[N+](=O)[O-].C[CH2][Mg][Br]. The first-order valence-electron chi connectivity index (χ1n) is 8.35. The fourth-order valence-corrected chi connectivity index (χ4v) is 2.01. The van der Waals surface area contributed by atoms with Crippen molar-refractivity contribution in [1.82, 2.24) is 0 Å². The average Bonchev–Trinajstić information content (AvgIpc) is 2.57. The molecule has 6 nitrogen and oxygen atoms in total. The van der Waals surface area contributed by atoms with Gasteiger partial charge in [-0.2, -0.15) is 0 Å². The second kappa shape index (κ2) is 13.8. The van der Waals surface area contributed by atoms with Gasteiger partial charge < -0.3 is 29.0 Å². The van der Waals surface area contributed by atoms with Crippen molar-refractivity contribution in [3.8, 4) is 0 Å². The molecule has 0 radical (unpaired) electrons. The molecular formula is C16H28BrMgN3O3. The number of aryl methyl sites for hydroxylation is 1. The number of nitrogens with two attached hydrogens (primary N) is 1. The third-order valence-electron chi connectivity index (χ3n) is 3.48. The van der Waals surface area contributed by atoms with Crippen molar-refractivity contribution in [2.45, 2.75) is 56.7 Å².